The molecular formula is C15H16F2N2O3. The summed E-state index contributed by atoms with van der Waals surface area (Å²) in [5.74, 6) is -0.678. The second-order valence-corrected chi connectivity index (χ2v) is 4.19. The number of hydrogen-bond acceptors (Lipinski definition) is 4. The normalized spacial score (nSPS) is 11.1. The number of methoxy groups -OCH3 is 1. The Morgan fingerprint density at radius 3 is 2.82 bits per heavy atom. The SMILES string of the molecule is COCCCNC(=O)C(C#N)=Cc1ccccc1OC(F)F. The summed E-state index contributed by atoms with van der Waals surface area (Å²) in [5, 5.41) is 11.6. The predicted octanol–water partition coefficient (Wildman–Crippen LogP) is 2.35. The van der Waals surface area contributed by atoms with Crippen molar-refractivity contribution in [2.24, 2.45) is 0 Å². The van der Waals surface area contributed by atoms with Gasteiger partial charge in [-0.15, -0.1) is 0 Å². The highest BCUT2D eigenvalue weighted by molar-refractivity contribution is 6.01. The molecule has 0 fully saturated rings. The van der Waals surface area contributed by atoms with E-state index in [4.69, 9.17) is 10.00 Å². The number of ether oxygens (including phenoxy) is 2. The van der Waals surface area contributed by atoms with E-state index < -0.39 is 12.5 Å². The lowest BCUT2D eigenvalue weighted by Gasteiger charge is -2.08. The van der Waals surface area contributed by atoms with Gasteiger partial charge >= 0.3 is 6.61 Å². The van der Waals surface area contributed by atoms with Crippen LogP contribution in [-0.2, 0) is 9.53 Å². The highest BCUT2D eigenvalue weighted by Crippen LogP contribution is 2.22. The van der Waals surface area contributed by atoms with Crippen LogP contribution in [0.2, 0.25) is 0 Å². The van der Waals surface area contributed by atoms with E-state index in [-0.39, 0.29) is 16.9 Å². The summed E-state index contributed by atoms with van der Waals surface area (Å²) in [4.78, 5) is 11.8. The molecule has 0 aromatic heterocycles. The fraction of sp³-hybridized carbons (Fsp3) is 0.333. The first kappa shape index (κ1) is 17.6. The zero-order valence-corrected chi connectivity index (χ0v) is 12.0. The van der Waals surface area contributed by atoms with Gasteiger partial charge in [0.2, 0.25) is 0 Å². The van der Waals surface area contributed by atoms with Crippen molar-refractivity contribution in [2.75, 3.05) is 20.3 Å². The molecule has 0 spiro atoms. The maximum absolute atomic E-state index is 12.3. The van der Waals surface area contributed by atoms with Crippen LogP contribution < -0.4 is 10.1 Å². The van der Waals surface area contributed by atoms with E-state index in [0.29, 0.717) is 19.6 Å². The van der Waals surface area contributed by atoms with Gasteiger partial charge in [0.1, 0.15) is 17.4 Å². The number of amides is 1. The molecule has 0 aliphatic rings. The summed E-state index contributed by atoms with van der Waals surface area (Å²) in [6.45, 7) is -2.15. The number of nitriles is 1. The fourth-order valence-electron chi connectivity index (χ4n) is 1.62. The van der Waals surface area contributed by atoms with Crippen LogP contribution in [0.5, 0.6) is 5.75 Å². The highest BCUT2D eigenvalue weighted by Gasteiger charge is 2.12. The molecule has 118 valence electrons. The van der Waals surface area contributed by atoms with Gasteiger partial charge in [0, 0.05) is 25.8 Å². The molecule has 0 radical (unpaired) electrons. The zero-order chi connectivity index (χ0) is 16.4. The second kappa shape index (κ2) is 9.47. The van der Waals surface area contributed by atoms with Gasteiger partial charge in [-0.2, -0.15) is 14.0 Å². The molecule has 0 aliphatic heterocycles. The molecule has 0 saturated heterocycles. The number of carbonyl (C=O) groups excluding carboxylic acids is 1. The molecule has 0 aliphatic carbocycles. The quantitative estimate of drug-likeness (QED) is 0.454. The van der Waals surface area contributed by atoms with Gasteiger partial charge in [-0.25, -0.2) is 0 Å². The van der Waals surface area contributed by atoms with Crippen molar-refractivity contribution in [1.82, 2.24) is 5.32 Å². The third kappa shape index (κ3) is 5.89. The van der Waals surface area contributed by atoms with Crippen LogP contribution in [0.15, 0.2) is 29.8 Å². The van der Waals surface area contributed by atoms with Gasteiger partial charge in [-0.3, -0.25) is 4.79 Å². The molecule has 0 saturated carbocycles. The Morgan fingerprint density at radius 1 is 1.45 bits per heavy atom. The number of nitrogens with zero attached hydrogens (tertiary/aromatic N) is 1. The number of rotatable bonds is 8. The largest absolute Gasteiger partial charge is 0.434 e. The lowest BCUT2D eigenvalue weighted by molar-refractivity contribution is -0.117. The van der Waals surface area contributed by atoms with Gasteiger partial charge in [0.15, 0.2) is 0 Å². The number of para-hydroxylation sites is 1. The summed E-state index contributed by atoms with van der Waals surface area (Å²) < 4.78 is 33.8. The molecule has 1 aromatic rings. The van der Waals surface area contributed by atoms with Crippen molar-refractivity contribution < 1.29 is 23.0 Å². The van der Waals surface area contributed by atoms with Crippen LogP contribution in [-0.4, -0.2) is 32.8 Å². The topological polar surface area (TPSA) is 71.3 Å². The third-order valence-corrected chi connectivity index (χ3v) is 2.61. The average molecular weight is 310 g/mol. The van der Waals surface area contributed by atoms with Crippen LogP contribution in [0.1, 0.15) is 12.0 Å². The highest BCUT2D eigenvalue weighted by atomic mass is 19.3. The lowest BCUT2D eigenvalue weighted by atomic mass is 10.1. The summed E-state index contributed by atoms with van der Waals surface area (Å²) in [7, 11) is 1.54. The molecule has 0 atom stereocenters. The molecule has 0 bridgehead atoms. The minimum Gasteiger partial charge on any atom is -0.434 e. The maximum atomic E-state index is 12.3. The zero-order valence-electron chi connectivity index (χ0n) is 12.0. The maximum Gasteiger partial charge on any atom is 0.387 e. The monoisotopic (exact) mass is 310 g/mol. The van der Waals surface area contributed by atoms with Crippen molar-refractivity contribution in [3.05, 3.63) is 35.4 Å². The third-order valence-electron chi connectivity index (χ3n) is 2.61. The molecule has 5 nitrogen and oxygen atoms in total. The standard InChI is InChI=1S/C15H16F2N2O3/c1-21-8-4-7-19-14(20)12(10-18)9-11-5-2-3-6-13(11)22-15(16)17/h2-3,5-6,9,15H,4,7-8H2,1H3,(H,19,20). The molecule has 22 heavy (non-hydrogen) atoms. The van der Waals surface area contributed by atoms with Gasteiger partial charge in [0.25, 0.3) is 5.91 Å². The molecule has 1 N–H and O–H groups in total. The molecule has 0 heterocycles. The molecular weight excluding hydrogens is 294 g/mol. The number of alkyl halides is 2. The molecule has 7 heteroatoms. The summed E-state index contributed by atoms with van der Waals surface area (Å²) >= 11 is 0. The Bertz CT molecular complexity index is 568. The van der Waals surface area contributed by atoms with Crippen LogP contribution in [0, 0.1) is 11.3 Å². The number of benzene rings is 1. The van der Waals surface area contributed by atoms with E-state index in [1.54, 1.807) is 19.2 Å². The minimum atomic E-state index is -2.98. The Balaban J connectivity index is 2.84. The van der Waals surface area contributed by atoms with Gasteiger partial charge < -0.3 is 14.8 Å². The number of halogens is 2. The number of hydrogen-bond donors (Lipinski definition) is 1. The molecule has 1 amide bonds. The van der Waals surface area contributed by atoms with Crippen LogP contribution in [0.25, 0.3) is 6.08 Å². The Kier molecular flexibility index (Phi) is 7.57. The van der Waals surface area contributed by atoms with Crippen molar-refractivity contribution in [1.29, 1.82) is 5.26 Å². The van der Waals surface area contributed by atoms with E-state index in [0.717, 1.165) is 0 Å². The smallest absolute Gasteiger partial charge is 0.387 e. The lowest BCUT2D eigenvalue weighted by Crippen LogP contribution is -2.26. The first-order valence-corrected chi connectivity index (χ1v) is 6.51. The Hall–Kier alpha value is -2.46. The van der Waals surface area contributed by atoms with E-state index in [1.807, 2.05) is 0 Å². The minimum absolute atomic E-state index is 0.0996. The molecule has 0 unspecified atom stereocenters. The molecule has 1 rings (SSSR count). The first-order chi connectivity index (χ1) is 10.6. The summed E-state index contributed by atoms with van der Waals surface area (Å²) in [6.07, 6.45) is 1.81. The Morgan fingerprint density at radius 2 is 2.18 bits per heavy atom. The fourth-order valence-corrected chi connectivity index (χ4v) is 1.62. The summed E-state index contributed by atoms with van der Waals surface area (Å²) in [5.41, 5.74) is 0.0362. The van der Waals surface area contributed by atoms with Gasteiger partial charge in [0.05, 0.1) is 0 Å². The second-order valence-electron chi connectivity index (χ2n) is 4.19. The number of nitrogens with one attached hydrogen (secondary N) is 1. The van der Waals surface area contributed by atoms with Gasteiger partial charge in [-0.1, -0.05) is 18.2 Å². The van der Waals surface area contributed by atoms with Crippen LogP contribution in [0.3, 0.4) is 0 Å². The van der Waals surface area contributed by atoms with E-state index >= 15 is 0 Å². The van der Waals surface area contributed by atoms with Crippen molar-refractivity contribution in [2.45, 2.75) is 13.0 Å². The average Bonchev–Trinajstić information content (AvgIpc) is 2.50. The van der Waals surface area contributed by atoms with Crippen LogP contribution >= 0.6 is 0 Å². The van der Waals surface area contributed by atoms with E-state index in [2.05, 4.69) is 10.1 Å². The Labute approximate surface area is 127 Å². The molecule has 1 aromatic carbocycles. The number of carbonyl (C=O) groups is 1. The summed E-state index contributed by atoms with van der Waals surface area (Å²) in [6, 6.07) is 7.68. The van der Waals surface area contributed by atoms with Crippen molar-refractivity contribution >= 4 is 12.0 Å². The van der Waals surface area contributed by atoms with Crippen molar-refractivity contribution in [3.63, 3.8) is 0 Å². The van der Waals surface area contributed by atoms with E-state index in [9.17, 15) is 13.6 Å². The van der Waals surface area contributed by atoms with Crippen LogP contribution in [0.4, 0.5) is 8.78 Å². The predicted molar refractivity (Wildman–Crippen MR) is 76.2 cm³/mol. The van der Waals surface area contributed by atoms with E-state index in [1.165, 1.54) is 24.3 Å². The first-order valence-electron chi connectivity index (χ1n) is 6.51. The van der Waals surface area contributed by atoms with Crippen molar-refractivity contribution in [3.8, 4) is 11.8 Å². The van der Waals surface area contributed by atoms with Gasteiger partial charge in [-0.05, 0) is 18.6 Å².